The number of hydrogen-bond donors (Lipinski definition) is 6. The summed E-state index contributed by atoms with van der Waals surface area (Å²) < 4.78 is 8.78. The Morgan fingerprint density at radius 3 is 1.49 bits per heavy atom. The van der Waals surface area contributed by atoms with Gasteiger partial charge >= 0.3 is 0 Å². The number of aromatic amines is 6. The Bertz CT molecular complexity index is 2610. The number of thiazole rings is 3. The second-order valence-corrected chi connectivity index (χ2v) is 20.3. The Kier molecular flexibility index (Phi) is 45.0. The summed E-state index contributed by atoms with van der Waals surface area (Å²) >= 11 is 6.49. The highest BCUT2D eigenvalue weighted by atomic mass is 32.1. The third-order valence-corrected chi connectivity index (χ3v) is 11.0. The SMILES string of the molecule is Cc1ccn[nH]1.Cc1ccns1.Cc1cn[nH]n1.Cc1cnc[nH]1.Cc1cncs1.Cc1cscn1.Cc1ncc[nH]1.Cc1nccs1.Cc1ncn[nH]1.Cc1nn[nH]n1.Cn1cccn1.Cn1cncn1.Cn1cnnn1.Cn1nccn1.Cn1ncnn1. The second-order valence-electron chi connectivity index (χ2n) is 16.4. The van der Waals surface area contributed by atoms with Crippen molar-refractivity contribution in [2.45, 2.75) is 69.2 Å². The summed E-state index contributed by atoms with van der Waals surface area (Å²) in [5.74, 6) is 2.50. The van der Waals surface area contributed by atoms with Crippen molar-refractivity contribution < 1.29 is 0 Å². The van der Waals surface area contributed by atoms with Gasteiger partial charge in [-0.1, -0.05) is 5.21 Å². The molecule has 0 saturated carbocycles. The standard InChI is InChI=1S/4C4H6N2.4C4H5NS.4C3H5N3.3C2H4N4/c1-4-2-5-3-6-4;1-6-4-2-3-5-6;1-4-5-2-3-6-4;1-4-2-3-5-6-4;1-4-2-6-3-5-4;1-4-2-5-3-6-4;1-4-5-2-3-6-4;1-4-2-3-5-6-4;1-6-3-4-2-5-6;1-6-4-2-3-5-6;1-3-4-2-5-6-3;1-3-2-4-6-5-3;1-6-2-3-4-5-6;1-6-4-2-3-5-6;1-2-3-5-6-4-2/h2-3H,1H3,(H,5,6);2-4H,1H3;2*2-3H,1H3,(H,5,6);6*2-3H,1H3;2*2H,1H3,(H,4,5,6);2*2H,1H3;1H3,(H,3,4,5,6). The molecule has 15 aromatic rings. The van der Waals surface area contributed by atoms with Crippen LogP contribution in [0, 0.1) is 69.2 Å². The normalized spacial score (nSPS) is 8.83. The lowest BCUT2D eigenvalue weighted by Gasteiger charge is -1.77. The average molecular weight is 1310 g/mol. The van der Waals surface area contributed by atoms with Crippen LogP contribution in [0.25, 0.3) is 0 Å². The van der Waals surface area contributed by atoms with E-state index in [1.807, 2.05) is 129 Å². The van der Waals surface area contributed by atoms with Gasteiger partial charge < -0.3 is 9.97 Å². The molecule has 0 aliphatic heterocycles. The first-order valence-corrected chi connectivity index (χ1v) is 29.4. The molecule has 0 atom stereocenters. The summed E-state index contributed by atoms with van der Waals surface area (Å²) in [5, 5.41) is 75.9. The van der Waals surface area contributed by atoms with Crippen LogP contribution < -0.4 is 0 Å². The molecule has 0 aliphatic carbocycles. The maximum atomic E-state index is 3.94. The fourth-order valence-corrected chi connectivity index (χ4v) is 5.99. The van der Waals surface area contributed by atoms with E-state index in [2.05, 4.69) is 157 Å². The van der Waals surface area contributed by atoms with E-state index in [9.17, 15) is 0 Å². The van der Waals surface area contributed by atoms with E-state index < -0.39 is 0 Å². The number of imidazole rings is 2. The molecule has 0 unspecified atom stereocenters. The maximum Gasteiger partial charge on any atom is 0.171 e. The number of hydrogen-bond acceptors (Lipinski definition) is 29. The molecule has 90 heavy (non-hydrogen) atoms. The number of rotatable bonds is 0. The van der Waals surface area contributed by atoms with Gasteiger partial charge in [-0.3, -0.25) is 34.5 Å². The van der Waals surface area contributed by atoms with E-state index in [1.54, 1.807) is 146 Å². The molecule has 15 aromatic heterocycles. The molecule has 0 saturated heterocycles. The minimum atomic E-state index is 0.676. The topological polar surface area (TPSA) is 442 Å². The lowest BCUT2D eigenvalue weighted by atomic mass is 10.5. The fraction of sp³-hybridized carbons (Fsp3) is 0.300. The van der Waals surface area contributed by atoms with Crippen molar-refractivity contribution in [3.8, 4) is 0 Å². The molecule has 0 spiro atoms. The summed E-state index contributed by atoms with van der Waals surface area (Å²) in [6.07, 6.45) is 30.3. The first-order valence-electron chi connectivity index (χ1n) is 25.9. The van der Waals surface area contributed by atoms with E-state index in [0.717, 1.165) is 39.4 Å². The Morgan fingerprint density at radius 1 is 0.511 bits per heavy atom. The highest BCUT2D eigenvalue weighted by molar-refractivity contribution is 7.09. The molecule has 40 heteroatoms. The zero-order valence-corrected chi connectivity index (χ0v) is 55.7. The lowest BCUT2D eigenvalue weighted by molar-refractivity contribution is 0.630. The summed E-state index contributed by atoms with van der Waals surface area (Å²) in [6.45, 7) is 19.4. The Morgan fingerprint density at radius 2 is 1.32 bits per heavy atom. The Hall–Kier alpha value is -10.9. The van der Waals surface area contributed by atoms with Gasteiger partial charge in [0.05, 0.1) is 53.7 Å². The molecule has 0 fully saturated rings. The molecule has 15 heterocycles. The zero-order valence-electron chi connectivity index (χ0n) is 52.5. The van der Waals surface area contributed by atoms with Crippen molar-refractivity contribution in [3.05, 3.63) is 207 Å². The zero-order chi connectivity index (χ0) is 66.1. The number of aryl methyl sites for hydroxylation is 15. The van der Waals surface area contributed by atoms with Crippen LogP contribution >= 0.6 is 45.5 Å². The third kappa shape index (κ3) is 50.5. The van der Waals surface area contributed by atoms with Crippen LogP contribution in [0.15, 0.2) is 152 Å². The van der Waals surface area contributed by atoms with Crippen LogP contribution in [0.1, 0.15) is 55.0 Å². The van der Waals surface area contributed by atoms with Crippen molar-refractivity contribution in [1.82, 2.24) is 181 Å². The highest BCUT2D eigenvalue weighted by Crippen LogP contribution is 2.00. The van der Waals surface area contributed by atoms with Crippen molar-refractivity contribution in [1.29, 1.82) is 0 Å². The molecule has 0 bridgehead atoms. The van der Waals surface area contributed by atoms with Gasteiger partial charge in [0.1, 0.15) is 37.0 Å². The molecule has 0 amide bonds. The number of H-pyrrole nitrogens is 6. The van der Waals surface area contributed by atoms with Crippen molar-refractivity contribution in [2.24, 2.45) is 35.2 Å². The quantitative estimate of drug-likeness (QED) is 0.0988. The van der Waals surface area contributed by atoms with E-state index in [-0.39, 0.29) is 0 Å². The number of nitrogens with one attached hydrogen (secondary N) is 6. The van der Waals surface area contributed by atoms with Crippen LogP contribution in [0.3, 0.4) is 0 Å². The van der Waals surface area contributed by atoms with Crippen LogP contribution in [-0.2, 0) is 35.2 Å². The van der Waals surface area contributed by atoms with Gasteiger partial charge in [0.2, 0.25) is 0 Å². The molecule has 0 aromatic carbocycles. The van der Waals surface area contributed by atoms with Gasteiger partial charge in [-0.2, -0.15) is 60.8 Å². The van der Waals surface area contributed by atoms with Gasteiger partial charge in [-0.25, -0.2) is 29.0 Å². The number of tetrazole rings is 3. The third-order valence-electron chi connectivity index (χ3n) is 8.27. The monoisotopic (exact) mass is 1310 g/mol. The first-order chi connectivity index (χ1) is 43.4. The van der Waals surface area contributed by atoms with Crippen molar-refractivity contribution in [3.63, 3.8) is 0 Å². The minimum Gasteiger partial charge on any atom is -0.349 e. The highest BCUT2D eigenvalue weighted by Gasteiger charge is 1.82. The molecule has 36 nitrogen and oxygen atoms in total. The smallest absolute Gasteiger partial charge is 0.171 e. The van der Waals surface area contributed by atoms with Crippen LogP contribution in [-0.4, -0.2) is 181 Å². The molecule has 0 aliphatic rings. The average Bonchev–Trinajstić information content (AvgIpc) is 4.31. The fourth-order valence-electron chi connectivity index (χ4n) is 4.18. The predicted octanol–water partition coefficient (Wildman–Crippen LogP) is 6.17. The van der Waals surface area contributed by atoms with E-state index in [0.29, 0.717) is 5.82 Å². The molecular formula is C50H76N36S4. The van der Waals surface area contributed by atoms with Crippen LogP contribution in [0.5, 0.6) is 0 Å². The number of aromatic nitrogens is 36. The minimum absolute atomic E-state index is 0.676. The van der Waals surface area contributed by atoms with Crippen LogP contribution in [0.2, 0.25) is 0 Å². The summed E-state index contributed by atoms with van der Waals surface area (Å²) in [4.78, 5) is 38.0. The summed E-state index contributed by atoms with van der Waals surface area (Å²) in [7, 11) is 8.97. The van der Waals surface area contributed by atoms with E-state index in [4.69, 9.17) is 0 Å². The van der Waals surface area contributed by atoms with Gasteiger partial charge in [-0.15, -0.1) is 59.5 Å². The molecule has 480 valence electrons. The van der Waals surface area contributed by atoms with Crippen molar-refractivity contribution >= 4 is 45.5 Å². The van der Waals surface area contributed by atoms with Gasteiger partial charge in [0.15, 0.2) is 12.2 Å². The maximum absolute atomic E-state index is 3.94. The Balaban J connectivity index is 0.000000482. The molecular weight excluding hydrogens is 1230 g/mol. The molecule has 15 rings (SSSR count). The van der Waals surface area contributed by atoms with E-state index >= 15 is 0 Å². The Labute approximate surface area is 535 Å². The predicted molar refractivity (Wildman–Crippen MR) is 341 cm³/mol. The summed E-state index contributed by atoms with van der Waals surface area (Å²) in [6, 6.07) is 5.80. The number of nitrogens with zero attached hydrogens (tertiary/aromatic N) is 30. The molecule has 0 radical (unpaired) electrons. The van der Waals surface area contributed by atoms with Gasteiger partial charge in [0.25, 0.3) is 0 Å². The lowest BCUT2D eigenvalue weighted by Crippen LogP contribution is -1.90. The first kappa shape index (κ1) is 77.1. The van der Waals surface area contributed by atoms with E-state index in [1.165, 1.54) is 60.9 Å². The van der Waals surface area contributed by atoms with Crippen LogP contribution in [0.4, 0.5) is 0 Å². The van der Waals surface area contributed by atoms with Crippen molar-refractivity contribution in [2.75, 3.05) is 0 Å². The second kappa shape index (κ2) is 52.5. The summed E-state index contributed by atoms with van der Waals surface area (Å²) in [5.41, 5.74) is 7.91. The molecule has 6 N–H and O–H groups in total. The largest absolute Gasteiger partial charge is 0.349 e. The van der Waals surface area contributed by atoms with Gasteiger partial charge in [-0.05, 0) is 115 Å². The van der Waals surface area contributed by atoms with Gasteiger partial charge in [0, 0.05) is 122 Å².